The van der Waals surface area contributed by atoms with Crippen LogP contribution in [0.3, 0.4) is 0 Å². The molecule has 2 fully saturated rings. The molecule has 1 spiro atoms. The largest absolute Gasteiger partial charge is 0.509 e. The molecule has 30 heavy (non-hydrogen) atoms. The van der Waals surface area contributed by atoms with Crippen LogP contribution in [0.25, 0.3) is 11.1 Å². The maximum absolute atomic E-state index is 11.8. The van der Waals surface area contributed by atoms with E-state index in [1.807, 2.05) is 24.3 Å². The van der Waals surface area contributed by atoms with Crippen molar-refractivity contribution in [3.8, 4) is 16.9 Å². The Kier molecular flexibility index (Phi) is 4.08. The molecule has 2 aromatic rings. The predicted octanol–water partition coefficient (Wildman–Crippen LogP) is 4.38. The first kappa shape index (κ1) is 18.9. The Balaban J connectivity index is 1.50. The Morgan fingerprint density at radius 3 is 2.73 bits per heavy atom. The number of carbonyl (C=O) groups excluding carboxylic acids is 1. The topological polar surface area (TPSA) is 91.3 Å². The highest BCUT2D eigenvalue weighted by Gasteiger charge is 2.62. The second-order valence-electron chi connectivity index (χ2n) is 8.87. The summed E-state index contributed by atoms with van der Waals surface area (Å²) >= 11 is 0. The predicted molar refractivity (Wildman–Crippen MR) is 105 cm³/mol. The Labute approximate surface area is 173 Å². The molecule has 0 bridgehead atoms. The third-order valence-electron chi connectivity index (χ3n) is 6.00. The van der Waals surface area contributed by atoms with Crippen molar-refractivity contribution in [3.63, 3.8) is 0 Å². The highest BCUT2D eigenvalue weighted by molar-refractivity contribution is 5.96. The van der Waals surface area contributed by atoms with Crippen LogP contribution in [0.5, 0.6) is 5.75 Å². The summed E-state index contributed by atoms with van der Waals surface area (Å²) in [5, 5.41) is 9.49. The number of ether oxygens (including phenoxy) is 4. The quantitative estimate of drug-likeness (QED) is 0.735. The number of carboxylic acid groups (broad SMARTS) is 1. The van der Waals surface area contributed by atoms with Crippen molar-refractivity contribution in [2.24, 2.45) is 5.41 Å². The Hall–Kier alpha value is -3.06. The maximum Gasteiger partial charge on any atom is 0.509 e. The van der Waals surface area contributed by atoms with Crippen LogP contribution in [0.1, 0.15) is 42.6 Å². The van der Waals surface area contributed by atoms with Crippen molar-refractivity contribution in [2.45, 2.75) is 51.3 Å². The van der Waals surface area contributed by atoms with E-state index in [1.54, 1.807) is 18.2 Å². The molecule has 3 atom stereocenters. The lowest BCUT2D eigenvalue weighted by Crippen LogP contribution is -2.61. The number of aromatic carboxylic acids is 1. The van der Waals surface area contributed by atoms with E-state index in [2.05, 4.69) is 13.8 Å². The molecule has 1 N–H and O–H groups in total. The SMILES string of the molecule is CC1(C)C[C@H]2OC(=O)O[C@H]2[C@]2(C1)OCc1cc(-c3ccccc3C(=O)O)ccc1O2. The third-order valence-corrected chi connectivity index (χ3v) is 6.00. The molecule has 3 aliphatic rings. The zero-order valence-corrected chi connectivity index (χ0v) is 16.7. The number of benzene rings is 2. The van der Waals surface area contributed by atoms with E-state index in [0.717, 1.165) is 11.1 Å². The molecule has 7 nitrogen and oxygen atoms in total. The number of carbonyl (C=O) groups is 2. The summed E-state index contributed by atoms with van der Waals surface area (Å²) in [5.74, 6) is -1.45. The van der Waals surface area contributed by atoms with Crippen molar-refractivity contribution in [2.75, 3.05) is 0 Å². The van der Waals surface area contributed by atoms with Gasteiger partial charge in [-0.2, -0.15) is 0 Å². The number of hydrogen-bond acceptors (Lipinski definition) is 6. The lowest BCUT2D eigenvalue weighted by molar-refractivity contribution is -0.285. The second kappa shape index (κ2) is 6.47. The summed E-state index contributed by atoms with van der Waals surface area (Å²) in [6, 6.07) is 12.4. The van der Waals surface area contributed by atoms with Crippen LogP contribution < -0.4 is 4.74 Å². The number of carboxylic acids is 1. The first-order valence-electron chi connectivity index (χ1n) is 9.92. The van der Waals surface area contributed by atoms with Gasteiger partial charge in [-0.15, -0.1) is 0 Å². The molecular weight excluding hydrogens is 388 g/mol. The zero-order valence-electron chi connectivity index (χ0n) is 16.7. The Morgan fingerprint density at radius 1 is 1.13 bits per heavy atom. The maximum atomic E-state index is 11.8. The van der Waals surface area contributed by atoms with Crippen molar-refractivity contribution in [1.82, 2.24) is 0 Å². The van der Waals surface area contributed by atoms with Gasteiger partial charge in [0.2, 0.25) is 6.10 Å². The van der Waals surface area contributed by atoms with Crippen molar-refractivity contribution < 1.29 is 33.6 Å². The van der Waals surface area contributed by atoms with Crippen LogP contribution in [0.15, 0.2) is 42.5 Å². The molecule has 0 unspecified atom stereocenters. The molecule has 2 aromatic carbocycles. The van der Waals surface area contributed by atoms with Crippen molar-refractivity contribution in [3.05, 3.63) is 53.6 Å². The summed E-state index contributed by atoms with van der Waals surface area (Å²) in [7, 11) is 0. The average molecular weight is 410 g/mol. The molecule has 0 aromatic heterocycles. The summed E-state index contributed by atoms with van der Waals surface area (Å²) in [6.45, 7) is 4.44. The Bertz CT molecular complexity index is 1040. The van der Waals surface area contributed by atoms with Gasteiger partial charge in [-0.3, -0.25) is 0 Å². The first-order valence-corrected chi connectivity index (χ1v) is 9.92. The van der Waals surface area contributed by atoms with Gasteiger partial charge in [0, 0.05) is 12.0 Å². The van der Waals surface area contributed by atoms with Gasteiger partial charge in [0.1, 0.15) is 11.9 Å². The first-order chi connectivity index (χ1) is 14.3. The number of hydrogen-bond donors (Lipinski definition) is 1. The van der Waals surface area contributed by atoms with E-state index in [4.69, 9.17) is 18.9 Å². The number of fused-ring (bicyclic) bond motifs is 3. The fourth-order valence-electron chi connectivity index (χ4n) is 4.82. The fourth-order valence-corrected chi connectivity index (χ4v) is 4.82. The molecule has 1 saturated heterocycles. The normalized spacial score (nSPS) is 28.7. The van der Waals surface area contributed by atoms with Gasteiger partial charge >= 0.3 is 12.1 Å². The second-order valence-corrected chi connectivity index (χ2v) is 8.87. The minimum atomic E-state index is -1.11. The monoisotopic (exact) mass is 410 g/mol. The molecular formula is C23H22O7. The lowest BCUT2D eigenvalue weighted by atomic mass is 9.71. The lowest BCUT2D eigenvalue weighted by Gasteiger charge is -2.49. The van der Waals surface area contributed by atoms with Crippen LogP contribution in [0.4, 0.5) is 4.79 Å². The summed E-state index contributed by atoms with van der Waals surface area (Å²) in [5.41, 5.74) is 2.28. The van der Waals surface area contributed by atoms with Gasteiger partial charge in [-0.25, -0.2) is 9.59 Å². The van der Waals surface area contributed by atoms with Gasteiger partial charge in [0.05, 0.1) is 12.2 Å². The molecule has 2 heterocycles. The molecule has 156 valence electrons. The molecule has 5 rings (SSSR count). The van der Waals surface area contributed by atoms with Crippen LogP contribution in [0.2, 0.25) is 0 Å². The molecule has 0 amide bonds. The van der Waals surface area contributed by atoms with Crippen molar-refractivity contribution >= 4 is 12.1 Å². The highest BCUT2D eigenvalue weighted by Crippen LogP contribution is 2.51. The van der Waals surface area contributed by atoms with Gasteiger partial charge < -0.3 is 24.1 Å². The average Bonchev–Trinajstić information content (AvgIpc) is 3.07. The molecule has 0 radical (unpaired) electrons. The third kappa shape index (κ3) is 3.01. The fraction of sp³-hybridized carbons (Fsp3) is 0.391. The van der Waals surface area contributed by atoms with Gasteiger partial charge in [0.15, 0.2) is 0 Å². The number of rotatable bonds is 2. The minimum absolute atomic E-state index is 0.160. The van der Waals surface area contributed by atoms with Crippen molar-refractivity contribution in [1.29, 1.82) is 0 Å². The zero-order chi connectivity index (χ0) is 21.1. The van der Waals surface area contributed by atoms with Gasteiger partial charge in [0.25, 0.3) is 5.79 Å². The molecule has 7 heteroatoms. The molecule has 1 aliphatic carbocycles. The molecule has 1 saturated carbocycles. The standard InChI is InChI=1S/C23H22O7/c1-22(2)10-18-19(29-21(26)28-18)23(12-22)27-11-14-9-13(7-8-17(14)30-23)15-5-3-4-6-16(15)20(24)25/h3-9,18-19H,10-12H2,1-2H3,(H,24,25)/t18-,19-,23-/m1/s1. The van der Waals surface area contributed by atoms with E-state index in [1.165, 1.54) is 0 Å². The van der Waals surface area contributed by atoms with Gasteiger partial charge in [-0.1, -0.05) is 38.1 Å². The van der Waals surface area contributed by atoms with Gasteiger partial charge in [-0.05, 0) is 41.2 Å². The minimum Gasteiger partial charge on any atom is -0.478 e. The molecule has 2 aliphatic heterocycles. The highest BCUT2D eigenvalue weighted by atomic mass is 16.8. The van der Waals surface area contributed by atoms with Crippen LogP contribution in [-0.4, -0.2) is 35.2 Å². The van der Waals surface area contributed by atoms with E-state index in [9.17, 15) is 14.7 Å². The summed E-state index contributed by atoms with van der Waals surface area (Å²) in [6.07, 6.45) is -0.500. The van der Waals surface area contributed by atoms with E-state index < -0.39 is 30.1 Å². The Morgan fingerprint density at radius 2 is 1.93 bits per heavy atom. The van der Waals surface area contributed by atoms with Crippen LogP contribution in [-0.2, 0) is 20.8 Å². The summed E-state index contributed by atoms with van der Waals surface area (Å²) < 4.78 is 23.3. The van der Waals surface area contributed by atoms with E-state index in [-0.39, 0.29) is 17.6 Å². The van der Waals surface area contributed by atoms with Crippen LogP contribution >= 0.6 is 0 Å². The summed E-state index contributed by atoms with van der Waals surface area (Å²) in [4.78, 5) is 23.4. The van der Waals surface area contributed by atoms with E-state index in [0.29, 0.717) is 24.2 Å². The van der Waals surface area contributed by atoms with Crippen LogP contribution in [0, 0.1) is 5.41 Å². The smallest absolute Gasteiger partial charge is 0.478 e. The van der Waals surface area contributed by atoms with E-state index >= 15 is 0 Å².